The lowest BCUT2D eigenvalue weighted by Gasteiger charge is -2.32. The predicted octanol–water partition coefficient (Wildman–Crippen LogP) is 2.11. The third-order valence-corrected chi connectivity index (χ3v) is 7.83. The molecule has 2 aromatic rings. The largest absolute Gasteiger partial charge is 0.493 e. The summed E-state index contributed by atoms with van der Waals surface area (Å²) in [6, 6.07) is 5.48. The zero-order valence-corrected chi connectivity index (χ0v) is 25.0. The van der Waals surface area contributed by atoms with Crippen LogP contribution in [0.1, 0.15) is 57.3 Å². The number of rotatable bonds is 8. The smallest absolute Gasteiger partial charge is 0.314 e. The molecule has 2 aliphatic rings. The van der Waals surface area contributed by atoms with E-state index in [0.717, 1.165) is 24.2 Å². The molecular weight excluding hydrogens is 540 g/mol. The summed E-state index contributed by atoms with van der Waals surface area (Å²) in [4.78, 5) is 45.8. The minimum atomic E-state index is -0.919. The number of carbonyl (C=O) groups is 3. The lowest BCUT2D eigenvalue weighted by atomic mass is 9.76. The first kappa shape index (κ1) is 31.3. The second-order valence-electron chi connectivity index (χ2n) is 11.1. The van der Waals surface area contributed by atoms with E-state index < -0.39 is 5.41 Å². The van der Waals surface area contributed by atoms with Crippen LogP contribution in [0.15, 0.2) is 24.5 Å². The summed E-state index contributed by atoms with van der Waals surface area (Å²) in [5.41, 5.74) is -0.0801. The Morgan fingerprint density at radius 1 is 1.17 bits per heavy atom. The Balaban J connectivity index is 1.58. The Hall–Kier alpha value is -3.67. The molecule has 12 nitrogen and oxygen atoms in total. The number of nitrogens with one attached hydrogen (secondary N) is 2. The van der Waals surface area contributed by atoms with Crippen molar-refractivity contribution in [3.8, 4) is 11.5 Å². The molecule has 0 spiro atoms. The molecule has 1 fully saturated rings. The van der Waals surface area contributed by atoms with E-state index >= 15 is 0 Å². The number of fused-ring (bicyclic) bond motifs is 2. The van der Waals surface area contributed by atoms with Crippen molar-refractivity contribution in [2.24, 2.45) is 11.3 Å². The van der Waals surface area contributed by atoms with Gasteiger partial charge >= 0.3 is 5.97 Å². The van der Waals surface area contributed by atoms with Crippen LogP contribution in [0, 0.1) is 11.3 Å². The molecule has 1 atom stereocenters. The maximum atomic E-state index is 13.5. The Labute approximate surface area is 247 Å². The normalized spacial score (nSPS) is 21.3. The van der Waals surface area contributed by atoms with Crippen LogP contribution in [-0.2, 0) is 38.6 Å². The van der Waals surface area contributed by atoms with E-state index in [4.69, 9.17) is 14.2 Å². The molecule has 1 aliphatic carbocycles. The quantitative estimate of drug-likeness (QED) is 0.447. The molecule has 2 bridgehead atoms. The zero-order chi connectivity index (χ0) is 30.0. The number of aromatic nitrogens is 3. The van der Waals surface area contributed by atoms with Crippen LogP contribution >= 0.6 is 0 Å². The van der Waals surface area contributed by atoms with E-state index in [1.54, 1.807) is 20.1 Å². The summed E-state index contributed by atoms with van der Waals surface area (Å²) in [6.45, 7) is 6.92. The van der Waals surface area contributed by atoms with Gasteiger partial charge in [0.1, 0.15) is 12.2 Å². The fourth-order valence-electron chi connectivity index (χ4n) is 5.44. The number of nitrogens with zero attached hydrogens (tertiary/aromatic N) is 4. The fourth-order valence-corrected chi connectivity index (χ4v) is 5.44. The van der Waals surface area contributed by atoms with Crippen molar-refractivity contribution in [3.05, 3.63) is 35.9 Å². The highest BCUT2D eigenvalue weighted by atomic mass is 16.5. The van der Waals surface area contributed by atoms with Crippen molar-refractivity contribution in [1.82, 2.24) is 30.3 Å². The third kappa shape index (κ3) is 8.67. The first-order valence-electron chi connectivity index (χ1n) is 14.9. The molecule has 1 unspecified atom stereocenters. The summed E-state index contributed by atoms with van der Waals surface area (Å²) < 4.78 is 18.8. The number of hydrogen-bond acceptors (Lipinski definition) is 9. The molecule has 1 aromatic heterocycles. The van der Waals surface area contributed by atoms with Crippen LogP contribution in [0.5, 0.6) is 11.5 Å². The van der Waals surface area contributed by atoms with Crippen LogP contribution in [0.2, 0.25) is 0 Å². The average molecular weight is 585 g/mol. The molecule has 4 rings (SSSR count). The van der Waals surface area contributed by atoms with Gasteiger partial charge in [0.05, 0.1) is 25.7 Å². The number of esters is 1. The van der Waals surface area contributed by atoms with Crippen LogP contribution in [0.25, 0.3) is 0 Å². The molecular formula is C30H44N6O6. The number of methoxy groups -OCH3 is 1. The third-order valence-electron chi connectivity index (χ3n) is 7.83. The fraction of sp³-hybridized carbons (Fsp3) is 0.633. The monoisotopic (exact) mass is 584 g/mol. The lowest BCUT2D eigenvalue weighted by molar-refractivity contribution is -0.156. The van der Waals surface area contributed by atoms with Gasteiger partial charge in [0.25, 0.3) is 5.91 Å². The van der Waals surface area contributed by atoms with Crippen molar-refractivity contribution in [2.75, 3.05) is 46.5 Å². The molecule has 2 N–H and O–H groups in total. The minimum Gasteiger partial charge on any atom is -0.493 e. The second kappa shape index (κ2) is 15.0. The van der Waals surface area contributed by atoms with E-state index in [1.807, 2.05) is 23.7 Å². The van der Waals surface area contributed by atoms with Gasteiger partial charge in [-0.25, -0.2) is 9.67 Å². The van der Waals surface area contributed by atoms with Gasteiger partial charge in [-0.15, -0.1) is 0 Å². The van der Waals surface area contributed by atoms with Gasteiger partial charge < -0.3 is 24.8 Å². The van der Waals surface area contributed by atoms with Crippen LogP contribution in [-0.4, -0.2) is 84.0 Å². The lowest BCUT2D eigenvalue weighted by Crippen LogP contribution is -2.46. The Kier molecular flexibility index (Phi) is 11.2. The summed E-state index contributed by atoms with van der Waals surface area (Å²) >= 11 is 0. The van der Waals surface area contributed by atoms with E-state index in [2.05, 4.69) is 25.6 Å². The van der Waals surface area contributed by atoms with E-state index in [-0.39, 0.29) is 37.5 Å². The molecule has 0 radical (unpaired) electrons. The first-order valence-corrected chi connectivity index (χ1v) is 14.9. The standard InChI is InChI=1S/C30H44N6O6/c1-4-36-26(33-21-34-36)18-35-13-6-7-27(37)32-20-30(16-22-8-9-22,29(39)41-5-2)17-23-10-11-24(40-3)25(15-23)42-19-28(38)31-12-14-35/h10-11,15,21-22H,4-9,12-14,16-20H2,1-3H3,(H,31,38)(H,32,37). The van der Waals surface area contributed by atoms with Gasteiger partial charge in [-0.2, -0.15) is 5.10 Å². The van der Waals surface area contributed by atoms with Crippen LogP contribution < -0.4 is 20.1 Å². The molecule has 230 valence electrons. The SMILES string of the molecule is CCOC(=O)C1(CC2CC2)CNC(=O)CCCN(Cc2ncnn2CC)CCNC(=O)COc2cc(ccc2OC)C1. The van der Waals surface area contributed by atoms with E-state index in [1.165, 1.54) is 6.33 Å². The van der Waals surface area contributed by atoms with E-state index in [0.29, 0.717) is 75.8 Å². The predicted molar refractivity (Wildman–Crippen MR) is 155 cm³/mol. The van der Waals surface area contributed by atoms with Crippen molar-refractivity contribution in [1.29, 1.82) is 0 Å². The van der Waals surface area contributed by atoms with Crippen molar-refractivity contribution in [2.45, 2.75) is 65.5 Å². The van der Waals surface area contributed by atoms with Gasteiger partial charge in [0.15, 0.2) is 18.1 Å². The number of ether oxygens (including phenoxy) is 3. The van der Waals surface area contributed by atoms with Gasteiger partial charge in [-0.1, -0.05) is 18.9 Å². The van der Waals surface area contributed by atoms with E-state index in [9.17, 15) is 14.4 Å². The van der Waals surface area contributed by atoms with Crippen LogP contribution in [0.4, 0.5) is 0 Å². The number of hydrogen-bond donors (Lipinski definition) is 2. The van der Waals surface area contributed by atoms with Gasteiger partial charge in [0.2, 0.25) is 5.91 Å². The summed E-state index contributed by atoms with van der Waals surface area (Å²) in [7, 11) is 1.54. The number of aryl methyl sites for hydroxylation is 1. The molecule has 42 heavy (non-hydrogen) atoms. The number of carbonyl (C=O) groups excluding carboxylic acids is 3. The Morgan fingerprint density at radius 3 is 2.74 bits per heavy atom. The van der Waals surface area contributed by atoms with Crippen LogP contribution in [0.3, 0.4) is 0 Å². The highest BCUT2D eigenvalue weighted by Gasteiger charge is 2.44. The maximum Gasteiger partial charge on any atom is 0.314 e. The van der Waals surface area contributed by atoms with Gasteiger partial charge in [-0.3, -0.25) is 19.3 Å². The molecule has 0 saturated heterocycles. The molecule has 2 heterocycles. The second-order valence-corrected chi connectivity index (χ2v) is 11.1. The molecule has 1 saturated carbocycles. The van der Waals surface area contributed by atoms with Crippen molar-refractivity contribution < 1.29 is 28.6 Å². The topological polar surface area (TPSA) is 137 Å². The van der Waals surface area contributed by atoms with Gasteiger partial charge in [-0.05, 0) is 63.3 Å². The highest BCUT2D eigenvalue weighted by Crippen LogP contribution is 2.43. The number of amides is 2. The molecule has 2 amide bonds. The summed E-state index contributed by atoms with van der Waals surface area (Å²) in [6.07, 6.45) is 5.57. The zero-order valence-electron chi connectivity index (χ0n) is 25.0. The highest BCUT2D eigenvalue weighted by molar-refractivity contribution is 5.80. The average Bonchev–Trinajstić information content (AvgIpc) is 3.68. The molecule has 1 aliphatic heterocycles. The van der Waals surface area contributed by atoms with Gasteiger partial charge in [0, 0.05) is 32.6 Å². The molecule has 1 aromatic carbocycles. The molecule has 12 heteroatoms. The Bertz CT molecular complexity index is 1210. The summed E-state index contributed by atoms with van der Waals surface area (Å²) in [5, 5.41) is 10.2. The number of benzene rings is 1. The summed E-state index contributed by atoms with van der Waals surface area (Å²) in [5.74, 6) is 1.48. The van der Waals surface area contributed by atoms with Crippen molar-refractivity contribution >= 4 is 17.8 Å². The minimum absolute atomic E-state index is 0.107. The maximum absolute atomic E-state index is 13.5. The first-order chi connectivity index (χ1) is 20.4. The van der Waals surface area contributed by atoms with Crippen molar-refractivity contribution in [3.63, 3.8) is 0 Å². The Morgan fingerprint density at radius 2 is 2.00 bits per heavy atom.